The van der Waals surface area contributed by atoms with Crippen molar-refractivity contribution in [3.05, 3.63) is 35.9 Å². The van der Waals surface area contributed by atoms with E-state index in [1.165, 1.54) is 14.2 Å². The van der Waals surface area contributed by atoms with E-state index in [4.69, 9.17) is 9.05 Å². The predicted octanol–water partition coefficient (Wildman–Crippen LogP) is 3.40. The molecule has 1 aromatic carbocycles. The van der Waals surface area contributed by atoms with Crippen molar-refractivity contribution in [2.24, 2.45) is 0 Å². The minimum absolute atomic E-state index is 0.512. The number of benzene rings is 1. The van der Waals surface area contributed by atoms with E-state index >= 15 is 0 Å². The average Bonchev–Trinajstić information content (AvgIpc) is 2.46. The quantitative estimate of drug-likeness (QED) is 0.811. The van der Waals surface area contributed by atoms with Crippen LogP contribution in [0.1, 0.15) is 33.3 Å². The lowest BCUT2D eigenvalue weighted by molar-refractivity contribution is 0.244. The van der Waals surface area contributed by atoms with Crippen molar-refractivity contribution in [3.63, 3.8) is 0 Å². The van der Waals surface area contributed by atoms with Crippen molar-refractivity contribution in [3.8, 4) is 0 Å². The molecule has 0 heterocycles. The molecule has 1 rings (SSSR count). The predicted molar refractivity (Wildman–Crippen MR) is 86.4 cm³/mol. The van der Waals surface area contributed by atoms with Gasteiger partial charge in [0, 0.05) is 14.2 Å². The third-order valence-electron chi connectivity index (χ3n) is 3.21. The molecule has 0 spiro atoms. The van der Waals surface area contributed by atoms with Gasteiger partial charge in [-0.05, 0) is 33.3 Å². The van der Waals surface area contributed by atoms with Crippen molar-refractivity contribution in [2.45, 2.75) is 37.7 Å². The standard InChI is InChI=1S/C14H24NO4PS/c1-13(2,3)21(17)15-14(4,20(16,18-5)19-6)12-10-8-7-9-11-12/h7-11,15H,1-6H3/t14-,21+/m1/s1. The van der Waals surface area contributed by atoms with Crippen LogP contribution in [-0.4, -0.2) is 23.2 Å². The molecule has 0 saturated heterocycles. The largest absolute Gasteiger partial charge is 0.355 e. The van der Waals surface area contributed by atoms with Gasteiger partial charge in [0.25, 0.3) is 0 Å². The highest BCUT2D eigenvalue weighted by Crippen LogP contribution is 2.62. The lowest BCUT2D eigenvalue weighted by Gasteiger charge is -2.37. The minimum Gasteiger partial charge on any atom is -0.310 e. The monoisotopic (exact) mass is 333 g/mol. The van der Waals surface area contributed by atoms with E-state index in [1.807, 2.05) is 39.0 Å². The van der Waals surface area contributed by atoms with Gasteiger partial charge in [0.1, 0.15) is 0 Å². The maximum Gasteiger partial charge on any atom is 0.355 e. The van der Waals surface area contributed by atoms with Crippen LogP contribution in [0.3, 0.4) is 0 Å². The minimum atomic E-state index is -3.55. The molecule has 5 nitrogen and oxygen atoms in total. The molecule has 0 aliphatic heterocycles. The van der Waals surface area contributed by atoms with Crippen LogP contribution in [-0.2, 0) is 29.9 Å². The summed E-state index contributed by atoms with van der Waals surface area (Å²) < 4.78 is 38.2. The smallest absolute Gasteiger partial charge is 0.310 e. The van der Waals surface area contributed by atoms with Gasteiger partial charge < -0.3 is 9.05 Å². The number of hydrogen-bond acceptors (Lipinski definition) is 4. The molecular formula is C14H24NO4PS. The van der Waals surface area contributed by atoms with Gasteiger partial charge in [-0.25, -0.2) is 8.93 Å². The second-order valence-corrected chi connectivity index (χ2v) is 10.4. The maximum absolute atomic E-state index is 13.0. The second kappa shape index (κ2) is 6.71. The molecule has 120 valence electrons. The van der Waals surface area contributed by atoms with Crippen molar-refractivity contribution >= 4 is 18.6 Å². The fourth-order valence-electron chi connectivity index (χ4n) is 1.81. The van der Waals surface area contributed by atoms with Gasteiger partial charge in [0.2, 0.25) is 0 Å². The Morgan fingerprint density at radius 2 is 1.52 bits per heavy atom. The van der Waals surface area contributed by atoms with Crippen LogP contribution in [0.15, 0.2) is 30.3 Å². The third-order valence-corrected chi connectivity index (χ3v) is 7.50. The van der Waals surface area contributed by atoms with Crippen LogP contribution in [0.25, 0.3) is 0 Å². The van der Waals surface area contributed by atoms with E-state index in [0.717, 1.165) is 0 Å². The van der Waals surface area contributed by atoms with E-state index in [1.54, 1.807) is 19.1 Å². The van der Waals surface area contributed by atoms with E-state index in [-0.39, 0.29) is 0 Å². The molecule has 0 aromatic heterocycles. The molecule has 0 amide bonds. The van der Waals surface area contributed by atoms with E-state index < -0.39 is 28.6 Å². The first-order valence-corrected chi connectivity index (χ1v) is 9.27. The van der Waals surface area contributed by atoms with Gasteiger partial charge >= 0.3 is 7.60 Å². The van der Waals surface area contributed by atoms with Gasteiger partial charge in [0.05, 0.1) is 15.7 Å². The maximum atomic E-state index is 13.0. The summed E-state index contributed by atoms with van der Waals surface area (Å²) in [6.45, 7) is 7.20. The molecule has 1 N–H and O–H groups in total. The fraction of sp³-hybridized carbons (Fsp3) is 0.571. The van der Waals surface area contributed by atoms with Crippen molar-refractivity contribution in [1.82, 2.24) is 4.72 Å². The Kier molecular flexibility index (Phi) is 5.92. The zero-order chi connectivity index (χ0) is 16.3. The number of rotatable bonds is 6. The summed E-state index contributed by atoms with van der Waals surface area (Å²) in [5, 5.41) is -1.21. The molecule has 0 radical (unpaired) electrons. The van der Waals surface area contributed by atoms with Crippen molar-refractivity contribution < 1.29 is 17.8 Å². The first-order chi connectivity index (χ1) is 9.60. The molecule has 0 unspecified atom stereocenters. The zero-order valence-corrected chi connectivity index (χ0v) is 15.1. The molecule has 0 aliphatic rings. The Morgan fingerprint density at radius 1 is 1.05 bits per heavy atom. The Balaban J connectivity index is 3.38. The van der Waals surface area contributed by atoms with Crippen LogP contribution in [0, 0.1) is 0 Å². The summed E-state index contributed by atoms with van der Waals surface area (Å²) in [6, 6.07) is 9.11. The summed E-state index contributed by atoms with van der Waals surface area (Å²) in [5.41, 5.74) is 0.689. The summed E-state index contributed by atoms with van der Waals surface area (Å²) >= 11 is 0. The van der Waals surface area contributed by atoms with Gasteiger partial charge in [-0.1, -0.05) is 30.3 Å². The van der Waals surface area contributed by atoms with Crippen LogP contribution in [0.5, 0.6) is 0 Å². The highest BCUT2D eigenvalue weighted by molar-refractivity contribution is 7.84. The van der Waals surface area contributed by atoms with Crippen LogP contribution < -0.4 is 4.72 Å². The van der Waals surface area contributed by atoms with Crippen molar-refractivity contribution in [1.29, 1.82) is 0 Å². The van der Waals surface area contributed by atoms with E-state index in [9.17, 15) is 8.77 Å². The van der Waals surface area contributed by atoms with E-state index in [2.05, 4.69) is 4.72 Å². The Labute approximate surface area is 129 Å². The first kappa shape index (κ1) is 18.5. The molecule has 1 aromatic rings. The normalized spacial score (nSPS) is 17.2. The van der Waals surface area contributed by atoms with Crippen LogP contribution in [0.4, 0.5) is 0 Å². The molecule has 0 bridgehead atoms. The van der Waals surface area contributed by atoms with Crippen molar-refractivity contribution in [2.75, 3.05) is 14.2 Å². The highest BCUT2D eigenvalue weighted by Gasteiger charge is 2.49. The summed E-state index contributed by atoms with van der Waals surface area (Å²) in [7, 11) is -2.34. The number of nitrogens with one attached hydrogen (secondary N) is 1. The molecular weight excluding hydrogens is 309 g/mol. The van der Waals surface area contributed by atoms with Gasteiger partial charge in [-0.15, -0.1) is 0 Å². The van der Waals surface area contributed by atoms with Gasteiger partial charge in [-0.2, -0.15) is 0 Å². The SMILES string of the molecule is COP(=O)(OC)[C@@](C)(N[S@@](=O)C(C)(C)C)c1ccccc1. The molecule has 0 aliphatic carbocycles. The number of hydrogen-bond donors (Lipinski definition) is 1. The highest BCUT2D eigenvalue weighted by atomic mass is 32.2. The Bertz CT molecular complexity index is 536. The molecule has 2 atom stereocenters. The molecule has 21 heavy (non-hydrogen) atoms. The summed E-state index contributed by atoms with van der Waals surface area (Å²) in [4.78, 5) is 0. The topological polar surface area (TPSA) is 64.6 Å². The summed E-state index contributed by atoms with van der Waals surface area (Å²) in [6.07, 6.45) is 0. The Hall–Kier alpha value is -0.520. The van der Waals surface area contributed by atoms with Gasteiger partial charge in [-0.3, -0.25) is 4.57 Å². The Morgan fingerprint density at radius 3 is 1.90 bits per heavy atom. The third kappa shape index (κ3) is 3.82. The summed E-state index contributed by atoms with van der Waals surface area (Å²) in [5.74, 6) is 0. The zero-order valence-electron chi connectivity index (χ0n) is 13.4. The first-order valence-electron chi connectivity index (χ1n) is 6.57. The van der Waals surface area contributed by atoms with Gasteiger partial charge in [0.15, 0.2) is 5.28 Å². The molecule has 7 heteroatoms. The van der Waals surface area contributed by atoms with Crippen LogP contribution in [0.2, 0.25) is 0 Å². The lowest BCUT2D eigenvalue weighted by atomic mass is 10.1. The fourth-order valence-corrected chi connectivity index (χ4v) is 4.63. The lowest BCUT2D eigenvalue weighted by Crippen LogP contribution is -2.46. The van der Waals surface area contributed by atoms with E-state index in [0.29, 0.717) is 5.56 Å². The van der Waals surface area contributed by atoms with Crippen LogP contribution >= 0.6 is 7.60 Å². The average molecular weight is 333 g/mol. The molecule has 0 saturated carbocycles. The second-order valence-electron chi connectivity index (χ2n) is 5.78. The molecule has 0 fully saturated rings.